The molecule has 4 rings (SSSR count). The van der Waals surface area contributed by atoms with Crippen molar-refractivity contribution >= 4 is 28.6 Å². The van der Waals surface area contributed by atoms with Crippen molar-refractivity contribution in [2.75, 3.05) is 0 Å². The van der Waals surface area contributed by atoms with Crippen molar-refractivity contribution in [1.82, 2.24) is 14.9 Å². The van der Waals surface area contributed by atoms with Gasteiger partial charge in [0.15, 0.2) is 0 Å². The van der Waals surface area contributed by atoms with Crippen LogP contribution in [0.15, 0.2) is 77.6 Å². The molecule has 3 aromatic carbocycles. The molecule has 1 atom stereocenters. The number of fused-ring (bicyclic) bond motifs is 1. The summed E-state index contributed by atoms with van der Waals surface area (Å²) in [5.41, 5.74) is 2.08. The fraction of sp³-hybridized carbons (Fsp3) is 0.222. The Bertz CT molecular complexity index is 1410. The quantitative estimate of drug-likeness (QED) is 0.376. The molecule has 0 spiro atoms. The van der Waals surface area contributed by atoms with E-state index in [2.05, 4.69) is 5.32 Å². The largest absolute Gasteiger partial charge is 0.444 e. The Morgan fingerprint density at radius 1 is 1.00 bits per heavy atom. The Kier molecular flexibility index (Phi) is 6.44. The fourth-order valence-corrected chi connectivity index (χ4v) is 4.00. The summed E-state index contributed by atoms with van der Waals surface area (Å²) >= 11 is 6.39. The van der Waals surface area contributed by atoms with Crippen LogP contribution in [0.25, 0.3) is 27.7 Å². The summed E-state index contributed by atoms with van der Waals surface area (Å²) in [7, 11) is 0. The molecule has 0 saturated heterocycles. The van der Waals surface area contributed by atoms with E-state index in [1.165, 1.54) is 4.57 Å². The number of rotatable bonds is 4. The molecule has 0 saturated carbocycles. The van der Waals surface area contributed by atoms with Gasteiger partial charge >= 0.3 is 6.09 Å². The molecule has 0 radical (unpaired) electrons. The van der Waals surface area contributed by atoms with E-state index in [4.69, 9.17) is 21.3 Å². The second-order valence-electron chi connectivity index (χ2n) is 9.03. The Hall–Kier alpha value is -3.64. The molecular formula is C27H26ClN3O3. The van der Waals surface area contributed by atoms with Crippen LogP contribution in [0.5, 0.6) is 0 Å². The first-order valence-electron chi connectivity index (χ1n) is 11.0. The van der Waals surface area contributed by atoms with E-state index in [9.17, 15) is 9.59 Å². The lowest BCUT2D eigenvalue weighted by Crippen LogP contribution is -2.37. The lowest BCUT2D eigenvalue weighted by Gasteiger charge is -2.23. The smallest absolute Gasteiger partial charge is 0.408 e. The zero-order chi connectivity index (χ0) is 24.5. The average molecular weight is 476 g/mol. The third-order valence-electron chi connectivity index (χ3n) is 5.20. The highest BCUT2D eigenvalue weighted by molar-refractivity contribution is 6.35. The monoisotopic (exact) mass is 475 g/mol. The number of hydrogen-bond acceptors (Lipinski definition) is 4. The van der Waals surface area contributed by atoms with E-state index in [-0.39, 0.29) is 5.56 Å². The van der Waals surface area contributed by atoms with E-state index in [1.807, 2.05) is 54.6 Å². The van der Waals surface area contributed by atoms with Crippen molar-refractivity contribution in [2.45, 2.75) is 39.3 Å². The Labute approximate surface area is 203 Å². The molecule has 0 fully saturated rings. The molecule has 1 heterocycles. The van der Waals surface area contributed by atoms with Gasteiger partial charge in [0, 0.05) is 0 Å². The lowest BCUT2D eigenvalue weighted by atomic mass is 10.0. The lowest BCUT2D eigenvalue weighted by molar-refractivity contribution is 0.0505. The maximum absolute atomic E-state index is 13.7. The van der Waals surface area contributed by atoms with Gasteiger partial charge in [0.05, 0.1) is 27.7 Å². The summed E-state index contributed by atoms with van der Waals surface area (Å²) in [4.78, 5) is 30.9. The van der Waals surface area contributed by atoms with Crippen LogP contribution in [-0.4, -0.2) is 21.2 Å². The highest BCUT2D eigenvalue weighted by Gasteiger charge is 2.23. The summed E-state index contributed by atoms with van der Waals surface area (Å²) in [5.74, 6) is 0.371. The number of ether oxygens (including phenoxy) is 1. The van der Waals surface area contributed by atoms with Gasteiger partial charge < -0.3 is 10.1 Å². The number of carbonyl (C=O) groups excluding carboxylic acids is 1. The van der Waals surface area contributed by atoms with Crippen molar-refractivity contribution in [3.8, 4) is 16.8 Å². The van der Waals surface area contributed by atoms with Crippen LogP contribution >= 0.6 is 11.6 Å². The summed E-state index contributed by atoms with van der Waals surface area (Å²) in [5, 5.41) is 3.44. The van der Waals surface area contributed by atoms with Gasteiger partial charge in [0.1, 0.15) is 11.4 Å². The van der Waals surface area contributed by atoms with Crippen LogP contribution in [-0.2, 0) is 4.74 Å². The number of nitrogens with one attached hydrogen (secondary N) is 1. The first-order valence-corrected chi connectivity index (χ1v) is 11.4. The minimum atomic E-state index is -0.655. The first-order chi connectivity index (χ1) is 16.1. The number of halogens is 1. The van der Waals surface area contributed by atoms with Crippen molar-refractivity contribution in [1.29, 1.82) is 0 Å². The summed E-state index contributed by atoms with van der Waals surface area (Å²) < 4.78 is 6.91. The Morgan fingerprint density at radius 3 is 2.38 bits per heavy atom. The molecule has 0 aliphatic heterocycles. The van der Waals surface area contributed by atoms with Gasteiger partial charge in [0.2, 0.25) is 0 Å². The molecular weight excluding hydrogens is 450 g/mol. The molecule has 1 amide bonds. The normalized spacial score (nSPS) is 12.4. The van der Waals surface area contributed by atoms with Gasteiger partial charge in [-0.15, -0.1) is 0 Å². The number of aromatic nitrogens is 2. The highest BCUT2D eigenvalue weighted by Crippen LogP contribution is 2.26. The molecule has 34 heavy (non-hydrogen) atoms. The predicted molar refractivity (Wildman–Crippen MR) is 136 cm³/mol. The standard InChI is InChI=1S/C27H26ClN3O3/c1-17(29-26(33)34-27(2,3)4)24-30-22-15-9-14-21(28)23(22)25(32)31(24)20-13-8-12-19(16-20)18-10-6-5-7-11-18/h5-17H,1-4H3,(H,29,33)/t17-/m0/s1. The van der Waals surface area contributed by atoms with E-state index in [1.54, 1.807) is 45.9 Å². The van der Waals surface area contributed by atoms with Crippen LogP contribution < -0.4 is 10.9 Å². The SMILES string of the molecule is C[C@H](NC(=O)OC(C)(C)C)c1nc2cccc(Cl)c2c(=O)n1-c1cccc(-c2ccccc2)c1. The van der Waals surface area contributed by atoms with Gasteiger partial charge in [-0.3, -0.25) is 9.36 Å². The summed E-state index contributed by atoms with van der Waals surface area (Å²) in [6.45, 7) is 7.13. The minimum Gasteiger partial charge on any atom is -0.444 e. The Balaban J connectivity index is 1.88. The molecule has 6 nitrogen and oxygen atoms in total. The average Bonchev–Trinajstić information content (AvgIpc) is 2.78. The van der Waals surface area contributed by atoms with E-state index >= 15 is 0 Å². The van der Waals surface area contributed by atoms with E-state index in [0.29, 0.717) is 27.4 Å². The molecule has 1 aromatic heterocycles. The van der Waals surface area contributed by atoms with Gasteiger partial charge in [-0.05, 0) is 63.1 Å². The summed E-state index contributed by atoms with van der Waals surface area (Å²) in [6, 6.07) is 22.0. The number of benzene rings is 3. The number of nitrogens with zero attached hydrogens (tertiary/aromatic N) is 2. The molecule has 0 bridgehead atoms. The van der Waals surface area contributed by atoms with Gasteiger partial charge in [-0.1, -0.05) is 60.1 Å². The number of alkyl carbamates (subject to hydrolysis) is 1. The number of hydrogen-bond donors (Lipinski definition) is 1. The van der Waals surface area contributed by atoms with Crippen molar-refractivity contribution < 1.29 is 9.53 Å². The molecule has 4 aromatic rings. The maximum Gasteiger partial charge on any atom is 0.408 e. The van der Waals surface area contributed by atoms with Crippen LogP contribution in [0.2, 0.25) is 5.02 Å². The van der Waals surface area contributed by atoms with Crippen molar-refractivity contribution in [3.05, 3.63) is 94.0 Å². The number of carbonyl (C=O) groups is 1. The highest BCUT2D eigenvalue weighted by atomic mass is 35.5. The van der Waals surface area contributed by atoms with Crippen molar-refractivity contribution in [2.24, 2.45) is 0 Å². The maximum atomic E-state index is 13.7. The molecule has 0 unspecified atom stereocenters. The van der Waals surface area contributed by atoms with Gasteiger partial charge in [-0.2, -0.15) is 0 Å². The zero-order valence-electron chi connectivity index (χ0n) is 19.5. The topological polar surface area (TPSA) is 73.2 Å². The first kappa shape index (κ1) is 23.5. The van der Waals surface area contributed by atoms with Gasteiger partial charge in [-0.25, -0.2) is 9.78 Å². The van der Waals surface area contributed by atoms with Crippen LogP contribution in [0, 0.1) is 0 Å². The van der Waals surface area contributed by atoms with E-state index < -0.39 is 17.7 Å². The van der Waals surface area contributed by atoms with Crippen LogP contribution in [0.3, 0.4) is 0 Å². The zero-order valence-corrected chi connectivity index (χ0v) is 20.3. The minimum absolute atomic E-state index is 0.311. The van der Waals surface area contributed by atoms with Crippen LogP contribution in [0.1, 0.15) is 39.6 Å². The van der Waals surface area contributed by atoms with E-state index in [0.717, 1.165) is 11.1 Å². The molecule has 0 aliphatic rings. The Morgan fingerprint density at radius 2 is 1.68 bits per heavy atom. The molecule has 0 aliphatic carbocycles. The molecule has 174 valence electrons. The molecule has 1 N–H and O–H groups in total. The van der Waals surface area contributed by atoms with Gasteiger partial charge in [0.25, 0.3) is 5.56 Å². The predicted octanol–water partition coefficient (Wildman–Crippen LogP) is 6.29. The second kappa shape index (κ2) is 9.31. The third-order valence-corrected chi connectivity index (χ3v) is 5.52. The second-order valence-corrected chi connectivity index (χ2v) is 9.44. The van der Waals surface area contributed by atoms with Crippen molar-refractivity contribution in [3.63, 3.8) is 0 Å². The fourth-order valence-electron chi connectivity index (χ4n) is 3.75. The number of amides is 1. The summed E-state index contributed by atoms with van der Waals surface area (Å²) in [6.07, 6.45) is -0.593. The molecule has 7 heteroatoms. The third kappa shape index (κ3) is 4.97. The van der Waals surface area contributed by atoms with Crippen LogP contribution in [0.4, 0.5) is 4.79 Å².